The van der Waals surface area contributed by atoms with Gasteiger partial charge in [0.15, 0.2) is 11.6 Å². The molecule has 1 N–H and O–H groups in total. The molecule has 0 atom stereocenters. The first-order valence-electron chi connectivity index (χ1n) is 11.5. The maximum Gasteiger partial charge on any atom is 0.161 e. The van der Waals surface area contributed by atoms with Crippen LogP contribution < -0.4 is 14.8 Å². The van der Waals surface area contributed by atoms with Crippen LogP contribution in [0.4, 0.5) is 11.5 Å². The van der Waals surface area contributed by atoms with E-state index < -0.39 is 0 Å². The largest absolute Gasteiger partial charge is 0.495 e. The van der Waals surface area contributed by atoms with E-state index in [1.54, 1.807) is 25.6 Å². The number of pyridine rings is 2. The van der Waals surface area contributed by atoms with Gasteiger partial charge in [-0.1, -0.05) is 30.2 Å². The molecule has 0 fully saturated rings. The molecule has 178 valence electrons. The number of aromatic nitrogens is 4. The number of rotatable bonds is 5. The van der Waals surface area contributed by atoms with Crippen molar-refractivity contribution >= 4 is 33.3 Å². The van der Waals surface area contributed by atoms with Gasteiger partial charge in [0.05, 0.1) is 18.8 Å². The molecule has 2 aromatic carbocycles. The number of ether oxygens (including phenoxy) is 2. The number of fused-ring (bicyclic) bond motifs is 2. The number of benzene rings is 2. The molecule has 0 saturated carbocycles. The number of nitrogens with one attached hydrogen (secondary N) is 1. The van der Waals surface area contributed by atoms with Crippen molar-refractivity contribution in [2.75, 3.05) is 12.4 Å². The Morgan fingerprint density at radius 1 is 0.861 bits per heavy atom. The molecule has 7 nitrogen and oxygen atoms in total. The van der Waals surface area contributed by atoms with E-state index in [1.807, 2.05) is 54.6 Å². The molecule has 0 aliphatic rings. The van der Waals surface area contributed by atoms with Gasteiger partial charge in [-0.05, 0) is 51.0 Å². The molecule has 5 aromatic rings. The molecule has 0 unspecified atom stereocenters. The summed E-state index contributed by atoms with van der Waals surface area (Å²) in [4.78, 5) is 8.79. The number of nitrogens with zero attached hydrogens (tertiary/aromatic N) is 4. The molecule has 0 bridgehead atoms. The zero-order valence-corrected chi connectivity index (χ0v) is 20.5. The van der Waals surface area contributed by atoms with Gasteiger partial charge in [-0.25, -0.2) is 4.98 Å². The second kappa shape index (κ2) is 9.51. The fraction of sp³-hybridized carbons (Fsp3) is 0.172. The van der Waals surface area contributed by atoms with Crippen molar-refractivity contribution in [3.63, 3.8) is 0 Å². The zero-order valence-electron chi connectivity index (χ0n) is 20.5. The van der Waals surface area contributed by atoms with Crippen LogP contribution in [0.2, 0.25) is 0 Å². The molecule has 5 rings (SSSR count). The Morgan fingerprint density at radius 2 is 1.64 bits per heavy atom. The lowest BCUT2D eigenvalue weighted by atomic mass is 9.97. The average molecular weight is 476 g/mol. The second-order valence-corrected chi connectivity index (χ2v) is 9.25. The van der Waals surface area contributed by atoms with Gasteiger partial charge < -0.3 is 14.8 Å². The van der Waals surface area contributed by atoms with Crippen LogP contribution in [0.25, 0.3) is 21.8 Å². The van der Waals surface area contributed by atoms with E-state index in [0.29, 0.717) is 39.8 Å². The van der Waals surface area contributed by atoms with Crippen LogP contribution in [0.3, 0.4) is 0 Å². The molecule has 0 aliphatic carbocycles. The summed E-state index contributed by atoms with van der Waals surface area (Å²) in [7, 11) is 1.60. The van der Waals surface area contributed by atoms with E-state index >= 15 is 0 Å². The van der Waals surface area contributed by atoms with E-state index in [2.05, 4.69) is 58.1 Å². The van der Waals surface area contributed by atoms with Crippen LogP contribution in [0.1, 0.15) is 26.5 Å². The van der Waals surface area contributed by atoms with E-state index in [9.17, 15) is 0 Å². The normalized spacial score (nSPS) is 11.1. The van der Waals surface area contributed by atoms with Crippen molar-refractivity contribution < 1.29 is 9.47 Å². The van der Waals surface area contributed by atoms with Crippen LogP contribution in [-0.4, -0.2) is 27.3 Å². The summed E-state index contributed by atoms with van der Waals surface area (Å²) in [5.41, 5.74) is 2.78. The van der Waals surface area contributed by atoms with Gasteiger partial charge in [0.1, 0.15) is 22.7 Å². The minimum Gasteiger partial charge on any atom is -0.495 e. The fourth-order valence-corrected chi connectivity index (χ4v) is 3.59. The van der Waals surface area contributed by atoms with Crippen molar-refractivity contribution in [1.82, 2.24) is 20.2 Å². The van der Waals surface area contributed by atoms with Gasteiger partial charge >= 0.3 is 0 Å². The highest BCUT2D eigenvalue weighted by molar-refractivity contribution is 5.95. The minimum atomic E-state index is -0.116. The summed E-state index contributed by atoms with van der Waals surface area (Å²) in [6.45, 7) is 6.22. The number of hydrogen-bond acceptors (Lipinski definition) is 7. The van der Waals surface area contributed by atoms with Crippen LogP contribution in [0, 0.1) is 17.3 Å². The second-order valence-electron chi connectivity index (χ2n) is 9.25. The third kappa shape index (κ3) is 5.03. The van der Waals surface area contributed by atoms with Gasteiger partial charge in [-0.3, -0.25) is 4.98 Å². The van der Waals surface area contributed by atoms with E-state index in [0.717, 1.165) is 16.5 Å². The van der Waals surface area contributed by atoms with Crippen molar-refractivity contribution in [2.24, 2.45) is 5.41 Å². The lowest BCUT2D eigenvalue weighted by Crippen LogP contribution is -2.02. The zero-order chi connectivity index (χ0) is 25.1. The molecule has 7 heteroatoms. The van der Waals surface area contributed by atoms with Gasteiger partial charge in [-0.2, -0.15) is 0 Å². The SMILES string of the molecule is COc1cnc2c(Oc3ccc(Nc4nnc(C#CC(C)(C)C)c5ccccc45)cc3)ccnc2c1. The number of hydrogen-bond donors (Lipinski definition) is 1. The van der Waals surface area contributed by atoms with Gasteiger partial charge in [-0.15, -0.1) is 10.2 Å². The molecule has 0 radical (unpaired) electrons. The molecule has 0 aliphatic heterocycles. The van der Waals surface area contributed by atoms with Crippen LogP contribution in [-0.2, 0) is 0 Å². The van der Waals surface area contributed by atoms with Gasteiger partial charge in [0.25, 0.3) is 0 Å². The van der Waals surface area contributed by atoms with Crippen molar-refractivity contribution in [2.45, 2.75) is 20.8 Å². The Kier molecular flexibility index (Phi) is 6.09. The molecule has 0 spiro atoms. The standard InChI is InChI=1S/C29H25N5O2/c1-29(2,3)15-13-24-22-7-5-6-8-23(22)28(34-33-24)32-19-9-11-20(12-10-19)36-26-14-16-30-25-17-21(35-4)18-31-27(25)26/h5-12,14,16-18H,1-4H3,(H,32,34). The predicted molar refractivity (Wildman–Crippen MR) is 142 cm³/mol. The highest BCUT2D eigenvalue weighted by Crippen LogP contribution is 2.31. The maximum absolute atomic E-state index is 6.10. The van der Waals surface area contributed by atoms with E-state index in [4.69, 9.17) is 9.47 Å². The van der Waals surface area contributed by atoms with E-state index in [-0.39, 0.29) is 5.41 Å². The Hall–Kier alpha value is -4.70. The van der Waals surface area contributed by atoms with Crippen molar-refractivity contribution in [1.29, 1.82) is 0 Å². The first-order valence-corrected chi connectivity index (χ1v) is 11.5. The molecule has 36 heavy (non-hydrogen) atoms. The molecular formula is C29H25N5O2. The Balaban J connectivity index is 1.38. The first-order chi connectivity index (χ1) is 17.4. The molecule has 0 saturated heterocycles. The monoisotopic (exact) mass is 475 g/mol. The minimum absolute atomic E-state index is 0.116. The molecule has 0 amide bonds. The lowest BCUT2D eigenvalue weighted by Gasteiger charge is -2.11. The van der Waals surface area contributed by atoms with E-state index in [1.165, 1.54) is 0 Å². The van der Waals surface area contributed by atoms with Crippen molar-refractivity contribution in [3.8, 4) is 29.1 Å². The summed E-state index contributed by atoms with van der Waals surface area (Å²) in [5, 5.41) is 14.1. The summed E-state index contributed by atoms with van der Waals surface area (Å²) in [6.07, 6.45) is 3.34. The molecular weight excluding hydrogens is 450 g/mol. The molecule has 3 aromatic heterocycles. The van der Waals surface area contributed by atoms with Crippen LogP contribution in [0.5, 0.6) is 17.2 Å². The Morgan fingerprint density at radius 3 is 2.39 bits per heavy atom. The van der Waals surface area contributed by atoms with Crippen LogP contribution >= 0.6 is 0 Å². The maximum atomic E-state index is 6.10. The summed E-state index contributed by atoms with van der Waals surface area (Å²) in [6, 6.07) is 19.2. The predicted octanol–water partition coefficient (Wildman–Crippen LogP) is 6.52. The average Bonchev–Trinajstić information content (AvgIpc) is 2.88. The first kappa shape index (κ1) is 23.1. The Labute approximate surface area is 209 Å². The summed E-state index contributed by atoms with van der Waals surface area (Å²) < 4.78 is 11.3. The van der Waals surface area contributed by atoms with Gasteiger partial charge in [0.2, 0.25) is 0 Å². The van der Waals surface area contributed by atoms with Gasteiger partial charge in [0, 0.05) is 40.2 Å². The van der Waals surface area contributed by atoms with Crippen LogP contribution in [0.15, 0.2) is 73.1 Å². The Bertz CT molecular complexity index is 1610. The van der Waals surface area contributed by atoms with Crippen molar-refractivity contribution in [3.05, 3.63) is 78.8 Å². The number of methoxy groups -OCH3 is 1. The fourth-order valence-electron chi connectivity index (χ4n) is 3.59. The third-order valence-corrected chi connectivity index (χ3v) is 5.34. The highest BCUT2D eigenvalue weighted by atomic mass is 16.5. The summed E-state index contributed by atoms with van der Waals surface area (Å²) >= 11 is 0. The summed E-state index contributed by atoms with van der Waals surface area (Å²) in [5.74, 6) is 9.03. The number of anilines is 2. The highest BCUT2D eigenvalue weighted by Gasteiger charge is 2.11. The smallest absolute Gasteiger partial charge is 0.161 e. The topological polar surface area (TPSA) is 82.0 Å². The quantitative estimate of drug-likeness (QED) is 0.290. The molecule has 3 heterocycles. The third-order valence-electron chi connectivity index (χ3n) is 5.34. The lowest BCUT2D eigenvalue weighted by molar-refractivity contribution is 0.413.